The lowest BCUT2D eigenvalue weighted by atomic mass is 9.95. The van der Waals surface area contributed by atoms with Crippen LogP contribution in [0.3, 0.4) is 0 Å². The number of benzene rings is 1. The van der Waals surface area contributed by atoms with Crippen molar-refractivity contribution in [3.05, 3.63) is 47.0 Å². The summed E-state index contributed by atoms with van der Waals surface area (Å²) in [6, 6.07) is 5.89. The van der Waals surface area contributed by atoms with Gasteiger partial charge in [-0.1, -0.05) is 25.3 Å². The van der Waals surface area contributed by atoms with Crippen molar-refractivity contribution in [2.45, 2.75) is 64.0 Å². The van der Waals surface area contributed by atoms with Crippen molar-refractivity contribution in [1.82, 2.24) is 20.0 Å². The predicted molar refractivity (Wildman–Crippen MR) is 121 cm³/mol. The molecule has 1 aromatic carbocycles. The number of hydrogen-bond donors (Lipinski definition) is 2. The van der Waals surface area contributed by atoms with Crippen LogP contribution in [-0.2, 0) is 29.6 Å². The summed E-state index contributed by atoms with van der Waals surface area (Å²) in [4.78, 5) is 39.6. The van der Waals surface area contributed by atoms with Crippen LogP contribution in [0.2, 0.25) is 0 Å². The summed E-state index contributed by atoms with van der Waals surface area (Å²) in [5.74, 6) is -1.08. The molecule has 8 nitrogen and oxygen atoms in total. The molecular formula is C24H30FN5O3. The molecule has 0 radical (unpaired) electrons. The van der Waals surface area contributed by atoms with Crippen molar-refractivity contribution in [3.63, 3.8) is 0 Å². The molecule has 33 heavy (non-hydrogen) atoms. The Morgan fingerprint density at radius 2 is 1.94 bits per heavy atom. The van der Waals surface area contributed by atoms with Crippen molar-refractivity contribution in [2.75, 3.05) is 11.9 Å². The summed E-state index contributed by atoms with van der Waals surface area (Å²) in [7, 11) is 1.77. The zero-order valence-electron chi connectivity index (χ0n) is 18.9. The lowest BCUT2D eigenvalue weighted by molar-refractivity contribution is -0.134. The van der Waals surface area contributed by atoms with Gasteiger partial charge in [-0.2, -0.15) is 5.10 Å². The van der Waals surface area contributed by atoms with Crippen LogP contribution in [0.1, 0.15) is 66.7 Å². The Balaban J connectivity index is 1.36. The maximum absolute atomic E-state index is 13.5. The molecule has 1 aliphatic heterocycles. The van der Waals surface area contributed by atoms with Crippen molar-refractivity contribution >= 4 is 23.4 Å². The minimum Gasteiger partial charge on any atom is -0.353 e. The molecule has 0 bridgehead atoms. The van der Waals surface area contributed by atoms with Gasteiger partial charge in [-0.05, 0) is 31.0 Å². The number of fused-ring (bicyclic) bond motifs is 1. The molecule has 0 spiro atoms. The number of nitrogens with zero attached hydrogens (tertiary/aromatic N) is 3. The fourth-order valence-corrected chi connectivity index (χ4v) is 4.67. The third kappa shape index (κ3) is 5.58. The SMILES string of the molecule is Cn1nc(C(=O)Nc2cccc(F)c2)c2c1CCN(C(=O)CCC(=O)NC1CCCCC1)C2. The molecule has 1 aliphatic carbocycles. The van der Waals surface area contributed by atoms with E-state index in [-0.39, 0.29) is 42.9 Å². The quantitative estimate of drug-likeness (QED) is 0.700. The molecule has 0 atom stereocenters. The molecule has 2 aliphatic rings. The molecule has 1 saturated carbocycles. The van der Waals surface area contributed by atoms with Crippen LogP contribution in [-0.4, -0.2) is 45.0 Å². The second-order valence-corrected chi connectivity index (χ2v) is 8.83. The standard InChI is InChI=1S/C24H30FN5O3/c1-29-20-12-13-30(22(32)11-10-21(31)26-17-7-3-2-4-8-17)15-19(20)23(28-29)24(33)27-18-9-5-6-16(25)14-18/h5-6,9,14,17H,2-4,7-8,10-13,15H2,1H3,(H,26,31)(H,27,33). The van der Waals surface area contributed by atoms with Gasteiger partial charge in [-0.15, -0.1) is 0 Å². The van der Waals surface area contributed by atoms with E-state index >= 15 is 0 Å². The lowest BCUT2D eigenvalue weighted by Crippen LogP contribution is -2.39. The summed E-state index contributed by atoms with van der Waals surface area (Å²) in [5, 5.41) is 10.1. The Labute approximate surface area is 192 Å². The van der Waals surface area contributed by atoms with Gasteiger partial charge < -0.3 is 15.5 Å². The zero-order chi connectivity index (χ0) is 23.4. The highest BCUT2D eigenvalue weighted by Crippen LogP contribution is 2.24. The average molecular weight is 456 g/mol. The molecule has 2 heterocycles. The van der Waals surface area contributed by atoms with E-state index in [0.29, 0.717) is 24.2 Å². The molecule has 0 unspecified atom stereocenters. The Kier molecular flexibility index (Phi) is 7.05. The minimum absolute atomic E-state index is 0.0792. The van der Waals surface area contributed by atoms with Crippen LogP contribution in [0, 0.1) is 5.82 Å². The number of amides is 3. The number of halogens is 1. The Bertz CT molecular complexity index is 1040. The number of carbonyl (C=O) groups is 3. The number of nitrogens with one attached hydrogen (secondary N) is 2. The first-order valence-corrected chi connectivity index (χ1v) is 11.6. The number of aryl methyl sites for hydroxylation is 1. The predicted octanol–water partition coefficient (Wildman–Crippen LogP) is 2.93. The van der Waals surface area contributed by atoms with E-state index in [1.807, 2.05) is 0 Å². The molecular weight excluding hydrogens is 425 g/mol. The maximum atomic E-state index is 13.5. The monoisotopic (exact) mass is 455 g/mol. The van der Waals surface area contributed by atoms with E-state index in [9.17, 15) is 18.8 Å². The van der Waals surface area contributed by atoms with Crippen LogP contribution in [0.5, 0.6) is 0 Å². The van der Waals surface area contributed by atoms with Gasteiger partial charge in [0.15, 0.2) is 5.69 Å². The van der Waals surface area contributed by atoms with Gasteiger partial charge in [0.2, 0.25) is 11.8 Å². The van der Waals surface area contributed by atoms with Gasteiger partial charge in [-0.25, -0.2) is 4.39 Å². The molecule has 9 heteroatoms. The first kappa shape index (κ1) is 22.9. The van der Waals surface area contributed by atoms with Crippen molar-refractivity contribution < 1.29 is 18.8 Å². The Morgan fingerprint density at radius 1 is 1.15 bits per heavy atom. The molecule has 2 aromatic rings. The number of carbonyl (C=O) groups excluding carboxylic acids is 3. The largest absolute Gasteiger partial charge is 0.353 e. The van der Waals surface area contributed by atoms with Gasteiger partial charge >= 0.3 is 0 Å². The molecule has 1 aromatic heterocycles. The molecule has 1 fully saturated rings. The molecule has 176 valence electrons. The number of anilines is 1. The number of aromatic nitrogens is 2. The second kappa shape index (κ2) is 10.1. The van der Waals surface area contributed by atoms with Crippen LogP contribution in [0.4, 0.5) is 10.1 Å². The Morgan fingerprint density at radius 3 is 2.70 bits per heavy atom. The van der Waals surface area contributed by atoms with E-state index in [1.54, 1.807) is 22.7 Å². The van der Waals surface area contributed by atoms with Gasteiger partial charge in [0.25, 0.3) is 5.91 Å². The van der Waals surface area contributed by atoms with Gasteiger partial charge in [0, 0.05) is 62.4 Å². The van der Waals surface area contributed by atoms with E-state index in [2.05, 4.69) is 15.7 Å². The smallest absolute Gasteiger partial charge is 0.276 e. The highest BCUT2D eigenvalue weighted by molar-refractivity contribution is 6.04. The van der Waals surface area contributed by atoms with Gasteiger partial charge in [-0.3, -0.25) is 19.1 Å². The summed E-state index contributed by atoms with van der Waals surface area (Å²) >= 11 is 0. The van der Waals surface area contributed by atoms with E-state index in [1.165, 1.54) is 24.6 Å². The summed E-state index contributed by atoms with van der Waals surface area (Å²) < 4.78 is 15.1. The van der Waals surface area contributed by atoms with Crippen LogP contribution in [0.25, 0.3) is 0 Å². The molecule has 2 N–H and O–H groups in total. The van der Waals surface area contributed by atoms with Crippen LogP contribution >= 0.6 is 0 Å². The third-order valence-corrected chi connectivity index (χ3v) is 6.43. The summed E-state index contributed by atoms with van der Waals surface area (Å²) in [6.45, 7) is 0.777. The topological polar surface area (TPSA) is 96.3 Å². The third-order valence-electron chi connectivity index (χ3n) is 6.43. The first-order valence-electron chi connectivity index (χ1n) is 11.6. The van der Waals surface area contributed by atoms with Crippen LogP contribution in [0.15, 0.2) is 24.3 Å². The molecule has 0 saturated heterocycles. The van der Waals surface area contributed by atoms with Crippen molar-refractivity contribution in [3.8, 4) is 0 Å². The highest BCUT2D eigenvalue weighted by Gasteiger charge is 2.29. The fraction of sp³-hybridized carbons (Fsp3) is 0.500. The van der Waals surface area contributed by atoms with Crippen LogP contribution < -0.4 is 10.6 Å². The second-order valence-electron chi connectivity index (χ2n) is 8.83. The summed E-state index contributed by atoms with van der Waals surface area (Å²) in [5.41, 5.74) is 2.16. The number of rotatable bonds is 6. The zero-order valence-corrected chi connectivity index (χ0v) is 18.9. The minimum atomic E-state index is -0.446. The van der Waals surface area contributed by atoms with Gasteiger partial charge in [0.05, 0.1) is 0 Å². The Hall–Kier alpha value is -3.23. The highest BCUT2D eigenvalue weighted by atomic mass is 19.1. The van der Waals surface area contributed by atoms with Crippen molar-refractivity contribution in [2.24, 2.45) is 7.05 Å². The van der Waals surface area contributed by atoms with E-state index in [4.69, 9.17) is 0 Å². The average Bonchev–Trinajstić information content (AvgIpc) is 3.14. The summed E-state index contributed by atoms with van der Waals surface area (Å²) in [6.07, 6.45) is 6.40. The molecule has 4 rings (SSSR count). The normalized spacial score (nSPS) is 16.2. The molecule has 3 amide bonds. The maximum Gasteiger partial charge on any atom is 0.276 e. The number of hydrogen-bond acceptors (Lipinski definition) is 4. The van der Waals surface area contributed by atoms with E-state index < -0.39 is 11.7 Å². The van der Waals surface area contributed by atoms with Gasteiger partial charge in [0.1, 0.15) is 5.82 Å². The van der Waals surface area contributed by atoms with Crippen molar-refractivity contribution in [1.29, 1.82) is 0 Å². The fourth-order valence-electron chi connectivity index (χ4n) is 4.67. The van der Waals surface area contributed by atoms with E-state index in [0.717, 1.165) is 31.4 Å². The lowest BCUT2D eigenvalue weighted by Gasteiger charge is -2.28. The first-order chi connectivity index (χ1) is 15.9.